The van der Waals surface area contributed by atoms with Crippen molar-refractivity contribution in [3.8, 4) is 5.75 Å². The maximum Gasteiger partial charge on any atom is 0.336 e. The van der Waals surface area contributed by atoms with Crippen LogP contribution in [-0.4, -0.2) is 57.7 Å². The number of benzene rings is 1. The predicted octanol–water partition coefficient (Wildman–Crippen LogP) is -0.720. The summed E-state index contributed by atoms with van der Waals surface area (Å²) in [6.07, 6.45) is -6.85. The molecule has 4 N–H and O–H groups in total. The second-order valence-corrected chi connectivity index (χ2v) is 5.72. The molecule has 0 bridgehead atoms. The topological polar surface area (TPSA) is 130 Å². The summed E-state index contributed by atoms with van der Waals surface area (Å²) in [5.41, 5.74) is 0.563. The van der Waals surface area contributed by atoms with Gasteiger partial charge in [0.1, 0.15) is 35.7 Å². The quantitative estimate of drug-likeness (QED) is 0.540. The van der Waals surface area contributed by atoms with Gasteiger partial charge in [-0.15, -0.1) is 0 Å². The van der Waals surface area contributed by atoms with E-state index in [0.29, 0.717) is 5.58 Å². The fourth-order valence-electron chi connectivity index (χ4n) is 2.68. The highest BCUT2D eigenvalue weighted by atomic mass is 16.7. The normalized spacial score (nSPS) is 30.5. The van der Waals surface area contributed by atoms with E-state index in [0.717, 1.165) is 10.9 Å². The van der Waals surface area contributed by atoms with Gasteiger partial charge in [-0.1, -0.05) is 0 Å². The smallest absolute Gasteiger partial charge is 0.336 e. The van der Waals surface area contributed by atoms with Crippen molar-refractivity contribution in [2.45, 2.75) is 37.6 Å². The first kappa shape index (κ1) is 16.9. The summed E-state index contributed by atoms with van der Waals surface area (Å²) >= 11 is 0. The van der Waals surface area contributed by atoms with Gasteiger partial charge in [-0.25, -0.2) is 4.79 Å². The first-order valence-corrected chi connectivity index (χ1v) is 7.42. The summed E-state index contributed by atoms with van der Waals surface area (Å²) in [4.78, 5) is 11.5. The van der Waals surface area contributed by atoms with Gasteiger partial charge in [0.15, 0.2) is 0 Å². The van der Waals surface area contributed by atoms with Crippen molar-refractivity contribution < 1.29 is 34.3 Å². The Balaban J connectivity index is 1.87. The third-order valence-electron chi connectivity index (χ3n) is 4.02. The van der Waals surface area contributed by atoms with E-state index in [1.165, 1.54) is 12.1 Å². The number of ether oxygens (including phenoxy) is 2. The summed E-state index contributed by atoms with van der Waals surface area (Å²) < 4.78 is 15.9. The van der Waals surface area contributed by atoms with E-state index in [9.17, 15) is 20.1 Å². The van der Waals surface area contributed by atoms with Gasteiger partial charge in [-0.05, 0) is 24.6 Å². The van der Waals surface area contributed by atoms with E-state index < -0.39 is 42.9 Å². The lowest BCUT2D eigenvalue weighted by Crippen LogP contribution is -2.60. The molecule has 1 aliphatic rings. The Morgan fingerprint density at radius 3 is 2.58 bits per heavy atom. The van der Waals surface area contributed by atoms with Gasteiger partial charge >= 0.3 is 5.63 Å². The highest BCUT2D eigenvalue weighted by Gasteiger charge is 2.44. The molecule has 0 unspecified atom stereocenters. The minimum atomic E-state index is -1.53. The van der Waals surface area contributed by atoms with Crippen LogP contribution in [0.5, 0.6) is 5.75 Å². The molecule has 0 amide bonds. The first-order valence-electron chi connectivity index (χ1n) is 7.42. The van der Waals surface area contributed by atoms with Gasteiger partial charge in [-0.2, -0.15) is 0 Å². The lowest BCUT2D eigenvalue weighted by molar-refractivity contribution is -0.277. The molecular formula is C16H18O8. The number of hydrogen-bond acceptors (Lipinski definition) is 8. The highest BCUT2D eigenvalue weighted by molar-refractivity contribution is 5.81. The standard InChI is InChI=1S/C16H18O8/c1-7-4-12(18)23-10-5-8(2-3-9(7)10)22-16-15(21)14(20)13(19)11(6-17)24-16/h2-5,11,13-17,19-21H,6H2,1H3/t11-,13-,14+,15+,16+/m0/s1. The molecular weight excluding hydrogens is 320 g/mol. The van der Waals surface area contributed by atoms with Crippen molar-refractivity contribution in [2.75, 3.05) is 6.61 Å². The molecule has 8 nitrogen and oxygen atoms in total. The van der Waals surface area contributed by atoms with E-state index in [-0.39, 0.29) is 5.75 Å². The van der Waals surface area contributed by atoms with Crippen LogP contribution in [0.4, 0.5) is 0 Å². The zero-order valence-electron chi connectivity index (χ0n) is 12.8. The molecule has 2 aromatic rings. The average molecular weight is 338 g/mol. The Labute approximate surface area is 136 Å². The van der Waals surface area contributed by atoms with Crippen LogP contribution >= 0.6 is 0 Å². The van der Waals surface area contributed by atoms with Crippen LogP contribution in [0.2, 0.25) is 0 Å². The predicted molar refractivity (Wildman–Crippen MR) is 81.6 cm³/mol. The molecule has 130 valence electrons. The van der Waals surface area contributed by atoms with Gasteiger partial charge < -0.3 is 34.3 Å². The van der Waals surface area contributed by atoms with Crippen LogP contribution in [0.15, 0.2) is 33.5 Å². The maximum absolute atomic E-state index is 11.5. The van der Waals surface area contributed by atoms with Crippen LogP contribution in [-0.2, 0) is 4.74 Å². The molecule has 5 atom stereocenters. The lowest BCUT2D eigenvalue weighted by atomic mass is 9.99. The molecule has 8 heteroatoms. The SMILES string of the molecule is Cc1cc(=O)oc2cc(O[C@@H]3O[C@@H](CO)[C@H](O)[C@@H](O)[C@H]3O)ccc12. The van der Waals surface area contributed by atoms with Gasteiger partial charge in [0.25, 0.3) is 0 Å². The van der Waals surface area contributed by atoms with E-state index in [1.807, 2.05) is 0 Å². The highest BCUT2D eigenvalue weighted by Crippen LogP contribution is 2.27. The number of hydrogen-bond donors (Lipinski definition) is 4. The minimum Gasteiger partial charge on any atom is -0.462 e. The average Bonchev–Trinajstić information content (AvgIpc) is 2.55. The molecule has 0 radical (unpaired) electrons. The fraction of sp³-hybridized carbons (Fsp3) is 0.438. The second-order valence-electron chi connectivity index (χ2n) is 5.72. The van der Waals surface area contributed by atoms with Gasteiger partial charge in [0.2, 0.25) is 6.29 Å². The van der Waals surface area contributed by atoms with Crippen molar-refractivity contribution in [1.29, 1.82) is 0 Å². The molecule has 1 saturated heterocycles. The van der Waals surface area contributed by atoms with Crippen LogP contribution in [0.3, 0.4) is 0 Å². The molecule has 1 aromatic carbocycles. The number of rotatable bonds is 3. The Morgan fingerprint density at radius 2 is 1.88 bits per heavy atom. The Bertz CT molecular complexity index is 783. The van der Waals surface area contributed by atoms with Gasteiger partial charge in [0, 0.05) is 17.5 Å². The van der Waals surface area contributed by atoms with Crippen molar-refractivity contribution in [3.05, 3.63) is 40.2 Å². The molecule has 1 fully saturated rings. The maximum atomic E-state index is 11.5. The lowest BCUT2D eigenvalue weighted by Gasteiger charge is -2.39. The van der Waals surface area contributed by atoms with Crippen molar-refractivity contribution >= 4 is 11.0 Å². The Kier molecular flexibility index (Phi) is 4.57. The third-order valence-corrected chi connectivity index (χ3v) is 4.02. The summed E-state index contributed by atoms with van der Waals surface area (Å²) in [6.45, 7) is 1.23. The molecule has 3 rings (SSSR count). The van der Waals surface area contributed by atoms with Crippen LogP contribution in [0.1, 0.15) is 5.56 Å². The fourth-order valence-corrected chi connectivity index (χ4v) is 2.68. The summed E-state index contributed by atoms with van der Waals surface area (Å²) in [6, 6.07) is 6.12. The van der Waals surface area contributed by atoms with E-state index in [4.69, 9.17) is 19.0 Å². The van der Waals surface area contributed by atoms with Crippen LogP contribution in [0, 0.1) is 6.92 Å². The van der Waals surface area contributed by atoms with E-state index in [2.05, 4.69) is 0 Å². The minimum absolute atomic E-state index is 0.237. The summed E-state index contributed by atoms with van der Waals surface area (Å²) in [5.74, 6) is 0.237. The number of aryl methyl sites for hydroxylation is 1. The molecule has 1 aromatic heterocycles. The summed E-state index contributed by atoms with van der Waals surface area (Å²) in [7, 11) is 0. The zero-order valence-corrected chi connectivity index (χ0v) is 12.8. The number of aliphatic hydroxyl groups excluding tert-OH is 4. The Hall–Kier alpha value is -1.97. The van der Waals surface area contributed by atoms with Crippen LogP contribution in [0.25, 0.3) is 11.0 Å². The first-order chi connectivity index (χ1) is 11.4. The Morgan fingerprint density at radius 1 is 1.12 bits per heavy atom. The number of fused-ring (bicyclic) bond motifs is 1. The molecule has 0 aliphatic carbocycles. The number of aliphatic hydroxyl groups is 4. The van der Waals surface area contributed by atoms with Crippen LogP contribution < -0.4 is 10.4 Å². The van der Waals surface area contributed by atoms with Crippen molar-refractivity contribution in [1.82, 2.24) is 0 Å². The second kappa shape index (κ2) is 6.50. The van der Waals surface area contributed by atoms with Gasteiger partial charge in [0.05, 0.1) is 6.61 Å². The van der Waals surface area contributed by atoms with Crippen molar-refractivity contribution in [2.24, 2.45) is 0 Å². The molecule has 1 aliphatic heterocycles. The van der Waals surface area contributed by atoms with Crippen molar-refractivity contribution in [3.63, 3.8) is 0 Å². The van der Waals surface area contributed by atoms with E-state index in [1.54, 1.807) is 19.1 Å². The molecule has 0 saturated carbocycles. The van der Waals surface area contributed by atoms with Gasteiger partial charge in [-0.3, -0.25) is 0 Å². The third kappa shape index (κ3) is 3.02. The van der Waals surface area contributed by atoms with E-state index >= 15 is 0 Å². The summed E-state index contributed by atoms with van der Waals surface area (Å²) in [5, 5.41) is 39.4. The largest absolute Gasteiger partial charge is 0.462 e. The monoisotopic (exact) mass is 338 g/mol. The molecule has 0 spiro atoms. The zero-order chi connectivity index (χ0) is 17.4. The molecule has 24 heavy (non-hydrogen) atoms. The molecule has 2 heterocycles.